The van der Waals surface area contributed by atoms with Crippen LogP contribution in [0.3, 0.4) is 0 Å². The van der Waals surface area contributed by atoms with Crippen molar-refractivity contribution in [1.82, 2.24) is 4.57 Å². The third-order valence-electron chi connectivity index (χ3n) is 4.04. The fraction of sp³-hybridized carbons (Fsp3) is 0.263. The van der Waals surface area contributed by atoms with Crippen LogP contribution < -0.4 is 14.9 Å². The van der Waals surface area contributed by atoms with Crippen molar-refractivity contribution in [2.24, 2.45) is 7.05 Å². The van der Waals surface area contributed by atoms with Gasteiger partial charge < -0.3 is 18.8 Å². The van der Waals surface area contributed by atoms with Crippen LogP contribution in [0.2, 0.25) is 0 Å². The van der Waals surface area contributed by atoms with E-state index in [2.05, 4.69) is 0 Å². The lowest BCUT2D eigenvalue weighted by Crippen LogP contribution is -2.16. The number of aryl methyl sites for hydroxylation is 1. The van der Waals surface area contributed by atoms with E-state index in [-0.39, 0.29) is 18.6 Å². The zero-order chi connectivity index (χ0) is 18.0. The predicted molar refractivity (Wildman–Crippen MR) is 95.4 cm³/mol. The molecule has 6 nitrogen and oxygen atoms in total. The molecule has 130 valence electrons. The zero-order valence-corrected chi connectivity index (χ0v) is 14.4. The molecule has 0 aliphatic rings. The summed E-state index contributed by atoms with van der Waals surface area (Å²) in [6.07, 6.45) is 0. The number of hydrogen-bond acceptors (Lipinski definition) is 5. The molecular weight excluding hydrogens is 322 g/mol. The summed E-state index contributed by atoms with van der Waals surface area (Å²) in [5, 5.41) is 0.995. The molecule has 0 atom stereocenters. The number of carbonyl (C=O) groups is 1. The summed E-state index contributed by atoms with van der Waals surface area (Å²) in [6, 6.07) is 10.7. The van der Waals surface area contributed by atoms with E-state index in [1.807, 2.05) is 29.8 Å². The molecule has 0 amide bonds. The third kappa shape index (κ3) is 3.03. The highest BCUT2D eigenvalue weighted by Crippen LogP contribution is 2.31. The molecule has 1 heterocycles. The van der Waals surface area contributed by atoms with Gasteiger partial charge in [-0.15, -0.1) is 0 Å². The smallest absolute Gasteiger partial charge is 0.344 e. The fourth-order valence-corrected chi connectivity index (χ4v) is 2.86. The summed E-state index contributed by atoms with van der Waals surface area (Å²) in [5.74, 6) is 0.349. The van der Waals surface area contributed by atoms with E-state index >= 15 is 0 Å². The lowest BCUT2D eigenvalue weighted by atomic mass is 10.1. The number of fused-ring (bicyclic) bond motifs is 2. The molecule has 2 aromatic carbocycles. The van der Waals surface area contributed by atoms with Crippen molar-refractivity contribution in [3.8, 4) is 11.5 Å². The first-order chi connectivity index (χ1) is 12.1. The van der Waals surface area contributed by atoms with Gasteiger partial charge in [-0.25, -0.2) is 4.79 Å². The monoisotopic (exact) mass is 341 g/mol. The number of nitrogens with zero attached hydrogens (tertiary/aromatic N) is 1. The van der Waals surface area contributed by atoms with Gasteiger partial charge in [0.05, 0.1) is 30.1 Å². The number of rotatable bonds is 5. The molecule has 25 heavy (non-hydrogen) atoms. The number of methoxy groups -OCH3 is 1. The lowest BCUT2D eigenvalue weighted by molar-refractivity contribution is -0.145. The topological polar surface area (TPSA) is 66.8 Å². The minimum Gasteiger partial charge on any atom is -0.497 e. The maximum Gasteiger partial charge on any atom is 0.344 e. The Morgan fingerprint density at radius 2 is 1.92 bits per heavy atom. The number of esters is 1. The molecule has 0 unspecified atom stereocenters. The first-order valence-corrected chi connectivity index (χ1v) is 7.94. The summed E-state index contributed by atoms with van der Waals surface area (Å²) >= 11 is 0. The lowest BCUT2D eigenvalue weighted by Gasteiger charge is -2.15. The molecule has 0 fully saturated rings. The van der Waals surface area contributed by atoms with Crippen LogP contribution in [0.15, 0.2) is 41.2 Å². The quantitative estimate of drug-likeness (QED) is 0.527. The van der Waals surface area contributed by atoms with Crippen molar-refractivity contribution >= 4 is 27.8 Å². The fourth-order valence-electron chi connectivity index (χ4n) is 2.86. The van der Waals surface area contributed by atoms with Crippen LogP contribution in [0.5, 0.6) is 11.5 Å². The molecule has 0 spiro atoms. The minimum atomic E-state index is -0.490. The molecule has 3 aromatic rings. The molecular formula is C19H19NO5. The molecule has 0 radical (unpaired) electrons. The van der Waals surface area contributed by atoms with Crippen LogP contribution in [0, 0.1) is 0 Å². The van der Waals surface area contributed by atoms with E-state index in [1.54, 1.807) is 25.1 Å². The number of ether oxygens (including phenoxy) is 3. The normalized spacial score (nSPS) is 10.8. The number of carbonyl (C=O) groups excluding carboxylic acids is 1. The predicted octanol–water partition coefficient (Wildman–Crippen LogP) is 2.64. The largest absolute Gasteiger partial charge is 0.497 e. The van der Waals surface area contributed by atoms with Gasteiger partial charge in [0.2, 0.25) is 5.43 Å². The molecule has 0 saturated carbocycles. The Hall–Kier alpha value is -3.02. The first kappa shape index (κ1) is 16.8. The van der Waals surface area contributed by atoms with Crippen molar-refractivity contribution in [2.75, 3.05) is 20.3 Å². The highest BCUT2D eigenvalue weighted by atomic mass is 16.6. The van der Waals surface area contributed by atoms with Crippen LogP contribution in [0.4, 0.5) is 0 Å². The molecule has 0 N–H and O–H groups in total. The van der Waals surface area contributed by atoms with Gasteiger partial charge in [-0.2, -0.15) is 0 Å². The van der Waals surface area contributed by atoms with Crippen LogP contribution in [-0.2, 0) is 16.6 Å². The highest BCUT2D eigenvalue weighted by molar-refractivity contribution is 5.97. The van der Waals surface area contributed by atoms with Crippen LogP contribution in [-0.4, -0.2) is 30.9 Å². The summed E-state index contributed by atoms with van der Waals surface area (Å²) in [4.78, 5) is 24.6. The van der Waals surface area contributed by atoms with E-state index in [9.17, 15) is 9.59 Å². The Bertz CT molecular complexity index is 1010. The van der Waals surface area contributed by atoms with E-state index < -0.39 is 5.97 Å². The molecule has 0 aliphatic heterocycles. The van der Waals surface area contributed by atoms with E-state index in [1.165, 1.54) is 7.11 Å². The van der Waals surface area contributed by atoms with Crippen LogP contribution in [0.25, 0.3) is 21.8 Å². The second kappa shape index (κ2) is 6.84. The number of pyridine rings is 1. The van der Waals surface area contributed by atoms with E-state index in [4.69, 9.17) is 14.2 Å². The third-order valence-corrected chi connectivity index (χ3v) is 4.04. The Morgan fingerprint density at radius 3 is 2.64 bits per heavy atom. The van der Waals surface area contributed by atoms with Crippen molar-refractivity contribution in [1.29, 1.82) is 0 Å². The van der Waals surface area contributed by atoms with Crippen LogP contribution in [0.1, 0.15) is 6.92 Å². The second-order valence-electron chi connectivity index (χ2n) is 5.52. The Balaban J connectivity index is 2.24. The maximum absolute atomic E-state index is 13.0. The Kier molecular flexibility index (Phi) is 4.61. The van der Waals surface area contributed by atoms with Crippen molar-refractivity contribution in [3.05, 3.63) is 46.6 Å². The Morgan fingerprint density at radius 1 is 1.16 bits per heavy atom. The minimum absolute atomic E-state index is 0.148. The van der Waals surface area contributed by atoms with E-state index in [0.29, 0.717) is 27.8 Å². The molecule has 6 heteroatoms. The van der Waals surface area contributed by atoms with Crippen molar-refractivity contribution in [3.63, 3.8) is 0 Å². The van der Waals surface area contributed by atoms with Gasteiger partial charge in [-0.05, 0) is 19.1 Å². The maximum atomic E-state index is 13.0. The second-order valence-corrected chi connectivity index (χ2v) is 5.52. The molecule has 3 rings (SSSR count). The van der Waals surface area contributed by atoms with Crippen molar-refractivity contribution in [2.45, 2.75) is 6.92 Å². The first-order valence-electron chi connectivity index (χ1n) is 7.94. The summed E-state index contributed by atoms with van der Waals surface area (Å²) in [5.41, 5.74) is 1.33. The summed E-state index contributed by atoms with van der Waals surface area (Å²) in [7, 11) is 3.41. The zero-order valence-electron chi connectivity index (χ0n) is 14.4. The van der Waals surface area contributed by atoms with Gasteiger partial charge >= 0.3 is 5.97 Å². The van der Waals surface area contributed by atoms with Gasteiger partial charge in [-0.3, -0.25) is 4.79 Å². The summed E-state index contributed by atoms with van der Waals surface area (Å²) in [6.45, 7) is 1.72. The highest BCUT2D eigenvalue weighted by Gasteiger charge is 2.16. The molecule has 0 aliphatic carbocycles. The summed E-state index contributed by atoms with van der Waals surface area (Å²) < 4.78 is 17.7. The van der Waals surface area contributed by atoms with Gasteiger partial charge in [0.1, 0.15) is 11.5 Å². The standard InChI is InChI=1S/C19H19NO5/c1-4-24-17(21)11-25-16-10-12(23-3)9-15-18(16)19(22)13-7-5-6-8-14(13)20(15)2/h5-10H,4,11H2,1-3H3. The van der Waals surface area contributed by atoms with Gasteiger partial charge in [-0.1, -0.05) is 12.1 Å². The van der Waals surface area contributed by atoms with Crippen molar-refractivity contribution < 1.29 is 19.0 Å². The number of aromatic nitrogens is 1. The average Bonchev–Trinajstić information content (AvgIpc) is 2.64. The number of hydrogen-bond donors (Lipinski definition) is 0. The molecule has 1 aromatic heterocycles. The van der Waals surface area contributed by atoms with Gasteiger partial charge in [0.25, 0.3) is 0 Å². The van der Waals surface area contributed by atoms with Gasteiger partial charge in [0.15, 0.2) is 6.61 Å². The average molecular weight is 341 g/mol. The molecule has 0 bridgehead atoms. The van der Waals surface area contributed by atoms with E-state index in [0.717, 1.165) is 5.52 Å². The van der Waals surface area contributed by atoms with Crippen LogP contribution >= 0.6 is 0 Å². The number of para-hydroxylation sites is 1. The van der Waals surface area contributed by atoms with Gasteiger partial charge in [0, 0.05) is 24.6 Å². The Labute approximate surface area is 144 Å². The number of benzene rings is 2. The molecule has 0 saturated heterocycles. The SMILES string of the molecule is CCOC(=O)COc1cc(OC)cc2c1c(=O)c1ccccc1n2C.